The lowest BCUT2D eigenvalue weighted by atomic mass is 10.1. The van der Waals surface area contributed by atoms with E-state index < -0.39 is 0 Å². The summed E-state index contributed by atoms with van der Waals surface area (Å²) in [7, 11) is 2.10. The number of hydrogen-bond acceptors (Lipinski definition) is 5. The largest absolute Gasteiger partial charge is 0.352 e. The summed E-state index contributed by atoms with van der Waals surface area (Å²) in [5.74, 6) is 0.475. The van der Waals surface area contributed by atoms with Gasteiger partial charge in [-0.3, -0.25) is 4.79 Å². The van der Waals surface area contributed by atoms with Crippen molar-refractivity contribution >= 4 is 35.1 Å². The van der Waals surface area contributed by atoms with Gasteiger partial charge in [-0.2, -0.15) is 0 Å². The first-order chi connectivity index (χ1) is 12.5. The third-order valence-electron chi connectivity index (χ3n) is 4.38. The van der Waals surface area contributed by atoms with Crippen LogP contribution in [0.5, 0.6) is 0 Å². The summed E-state index contributed by atoms with van der Waals surface area (Å²) >= 11 is 12.0. The van der Waals surface area contributed by atoms with Crippen LogP contribution in [0.25, 0.3) is 0 Å². The Morgan fingerprint density at radius 2 is 1.85 bits per heavy atom. The summed E-state index contributed by atoms with van der Waals surface area (Å²) in [5.41, 5.74) is 1.39. The van der Waals surface area contributed by atoms with Gasteiger partial charge in [-0.15, -0.1) is 0 Å². The minimum absolute atomic E-state index is 0.194. The fourth-order valence-electron chi connectivity index (χ4n) is 2.75. The number of piperazine rings is 1. The van der Waals surface area contributed by atoms with E-state index in [4.69, 9.17) is 23.2 Å². The Morgan fingerprint density at radius 1 is 1.15 bits per heavy atom. The summed E-state index contributed by atoms with van der Waals surface area (Å²) in [5, 5.41) is 4.06. The van der Waals surface area contributed by atoms with Crippen molar-refractivity contribution in [3.63, 3.8) is 0 Å². The van der Waals surface area contributed by atoms with Crippen LogP contribution in [0, 0.1) is 0 Å². The Hall–Kier alpha value is -1.89. The number of carbonyl (C=O) groups is 1. The van der Waals surface area contributed by atoms with E-state index in [1.807, 2.05) is 6.07 Å². The molecule has 8 heteroatoms. The average molecular weight is 394 g/mol. The topological polar surface area (TPSA) is 61.4 Å². The standard InChI is InChI=1S/C18H21Cl2N5O/c1-24-6-8-25(9-7-24)18-22-11-14(12-23-18)17(26)21-5-4-13-2-3-15(19)10-16(13)20/h2-3,10-12H,4-9H2,1H3,(H,21,26). The van der Waals surface area contributed by atoms with Crippen LogP contribution in [0.15, 0.2) is 30.6 Å². The number of nitrogens with zero attached hydrogens (tertiary/aromatic N) is 4. The van der Waals surface area contributed by atoms with Crippen LogP contribution in [0.2, 0.25) is 10.0 Å². The van der Waals surface area contributed by atoms with Gasteiger partial charge in [0.1, 0.15) is 0 Å². The quantitative estimate of drug-likeness (QED) is 0.845. The van der Waals surface area contributed by atoms with Crippen molar-refractivity contribution in [3.8, 4) is 0 Å². The zero-order valence-electron chi connectivity index (χ0n) is 14.6. The Kier molecular flexibility index (Phi) is 6.29. The van der Waals surface area contributed by atoms with Gasteiger partial charge in [0, 0.05) is 55.2 Å². The third-order valence-corrected chi connectivity index (χ3v) is 4.97. The minimum atomic E-state index is -0.194. The summed E-state index contributed by atoms with van der Waals surface area (Å²) in [6, 6.07) is 5.35. The predicted octanol–water partition coefficient (Wildman–Crippen LogP) is 2.51. The zero-order chi connectivity index (χ0) is 18.5. The average Bonchev–Trinajstić information content (AvgIpc) is 2.64. The van der Waals surface area contributed by atoms with Gasteiger partial charge in [0.05, 0.1) is 5.56 Å². The number of halogens is 2. The van der Waals surface area contributed by atoms with Crippen LogP contribution in [0.4, 0.5) is 5.95 Å². The van der Waals surface area contributed by atoms with Crippen LogP contribution in [0.3, 0.4) is 0 Å². The lowest BCUT2D eigenvalue weighted by Crippen LogP contribution is -2.45. The van der Waals surface area contributed by atoms with Gasteiger partial charge in [0.15, 0.2) is 0 Å². The maximum Gasteiger partial charge on any atom is 0.254 e. The molecule has 0 spiro atoms. The SMILES string of the molecule is CN1CCN(c2ncc(C(=O)NCCc3ccc(Cl)cc3Cl)cn2)CC1. The molecule has 3 rings (SSSR count). The number of nitrogens with one attached hydrogen (secondary N) is 1. The van der Waals surface area contributed by atoms with Gasteiger partial charge in [-0.1, -0.05) is 29.3 Å². The van der Waals surface area contributed by atoms with Gasteiger partial charge in [-0.25, -0.2) is 9.97 Å². The molecular weight excluding hydrogens is 373 g/mol. The second-order valence-electron chi connectivity index (χ2n) is 6.30. The molecule has 1 fully saturated rings. The van der Waals surface area contributed by atoms with Crippen LogP contribution >= 0.6 is 23.2 Å². The van der Waals surface area contributed by atoms with E-state index in [0.29, 0.717) is 34.5 Å². The molecule has 0 bridgehead atoms. The highest BCUT2D eigenvalue weighted by molar-refractivity contribution is 6.35. The monoisotopic (exact) mass is 393 g/mol. The summed E-state index contributed by atoms with van der Waals surface area (Å²) in [6.07, 6.45) is 3.78. The van der Waals surface area contributed by atoms with Crippen molar-refractivity contribution in [2.24, 2.45) is 0 Å². The molecule has 0 aliphatic carbocycles. The number of aromatic nitrogens is 2. The predicted molar refractivity (Wildman–Crippen MR) is 104 cm³/mol. The molecule has 1 aliphatic rings. The number of amides is 1. The van der Waals surface area contributed by atoms with Crippen molar-refractivity contribution in [1.29, 1.82) is 0 Å². The number of carbonyl (C=O) groups excluding carboxylic acids is 1. The fraction of sp³-hybridized carbons (Fsp3) is 0.389. The van der Waals surface area contributed by atoms with E-state index in [0.717, 1.165) is 31.7 Å². The van der Waals surface area contributed by atoms with Crippen molar-refractivity contribution in [2.75, 3.05) is 44.7 Å². The number of likely N-dealkylation sites (N-methyl/N-ethyl adjacent to an activating group) is 1. The van der Waals surface area contributed by atoms with E-state index in [-0.39, 0.29) is 5.91 Å². The van der Waals surface area contributed by atoms with Gasteiger partial charge in [0.25, 0.3) is 5.91 Å². The second kappa shape index (κ2) is 8.66. The molecule has 1 amide bonds. The second-order valence-corrected chi connectivity index (χ2v) is 7.15. The molecule has 0 unspecified atom stereocenters. The van der Waals surface area contributed by atoms with E-state index in [1.54, 1.807) is 24.5 Å². The molecule has 1 aromatic heterocycles. The lowest BCUT2D eigenvalue weighted by Gasteiger charge is -2.32. The summed E-state index contributed by atoms with van der Waals surface area (Å²) in [4.78, 5) is 25.3. The van der Waals surface area contributed by atoms with Gasteiger partial charge in [-0.05, 0) is 31.2 Å². The molecule has 1 N–H and O–H groups in total. The molecule has 0 atom stereocenters. The number of rotatable bonds is 5. The molecule has 1 aromatic carbocycles. The highest BCUT2D eigenvalue weighted by Gasteiger charge is 2.17. The smallest absolute Gasteiger partial charge is 0.254 e. The van der Waals surface area contributed by atoms with Crippen LogP contribution in [0.1, 0.15) is 15.9 Å². The molecule has 138 valence electrons. The Labute approximate surface area is 163 Å². The van der Waals surface area contributed by atoms with Gasteiger partial charge >= 0.3 is 0 Å². The normalized spacial score (nSPS) is 15.1. The third kappa shape index (κ3) is 4.84. The molecule has 2 aromatic rings. The van der Waals surface area contributed by atoms with Gasteiger partial charge in [0.2, 0.25) is 5.95 Å². The molecule has 0 saturated carbocycles. The van der Waals surface area contributed by atoms with E-state index >= 15 is 0 Å². The maximum absolute atomic E-state index is 12.2. The van der Waals surface area contributed by atoms with E-state index in [2.05, 4.69) is 32.1 Å². The number of anilines is 1. The maximum atomic E-state index is 12.2. The molecule has 1 saturated heterocycles. The molecule has 6 nitrogen and oxygen atoms in total. The highest BCUT2D eigenvalue weighted by atomic mass is 35.5. The summed E-state index contributed by atoms with van der Waals surface area (Å²) in [6.45, 7) is 4.23. The first-order valence-electron chi connectivity index (χ1n) is 8.50. The van der Waals surface area contributed by atoms with Crippen LogP contribution in [-0.4, -0.2) is 60.5 Å². The molecule has 0 radical (unpaired) electrons. The molecule has 2 heterocycles. The summed E-state index contributed by atoms with van der Waals surface area (Å²) < 4.78 is 0. The lowest BCUT2D eigenvalue weighted by molar-refractivity contribution is 0.0953. The van der Waals surface area contributed by atoms with Crippen molar-refractivity contribution in [2.45, 2.75) is 6.42 Å². The van der Waals surface area contributed by atoms with E-state index in [1.165, 1.54) is 0 Å². The van der Waals surface area contributed by atoms with Crippen molar-refractivity contribution in [1.82, 2.24) is 20.2 Å². The van der Waals surface area contributed by atoms with Crippen molar-refractivity contribution < 1.29 is 4.79 Å². The Morgan fingerprint density at radius 3 is 2.50 bits per heavy atom. The molecule has 1 aliphatic heterocycles. The van der Waals surface area contributed by atoms with Crippen molar-refractivity contribution in [3.05, 3.63) is 51.8 Å². The fourth-order valence-corrected chi connectivity index (χ4v) is 3.25. The highest BCUT2D eigenvalue weighted by Crippen LogP contribution is 2.21. The van der Waals surface area contributed by atoms with Gasteiger partial charge < -0.3 is 15.1 Å². The Balaban J connectivity index is 1.51. The first kappa shape index (κ1) is 18.9. The molecule has 26 heavy (non-hydrogen) atoms. The minimum Gasteiger partial charge on any atom is -0.352 e. The first-order valence-corrected chi connectivity index (χ1v) is 9.26. The van der Waals surface area contributed by atoms with Crippen LogP contribution < -0.4 is 10.2 Å². The number of hydrogen-bond donors (Lipinski definition) is 1. The zero-order valence-corrected chi connectivity index (χ0v) is 16.1. The van der Waals surface area contributed by atoms with E-state index in [9.17, 15) is 4.79 Å². The number of benzene rings is 1. The van der Waals surface area contributed by atoms with Crippen LogP contribution in [-0.2, 0) is 6.42 Å². The molecular formula is C18H21Cl2N5O. The Bertz CT molecular complexity index is 761.